The van der Waals surface area contributed by atoms with Crippen LogP contribution < -0.4 is 9.47 Å². The van der Waals surface area contributed by atoms with E-state index >= 15 is 0 Å². The number of hydrogen-bond acceptors (Lipinski definition) is 2. The van der Waals surface area contributed by atoms with E-state index in [2.05, 4.69) is 60.7 Å². The molecule has 0 aliphatic heterocycles. The summed E-state index contributed by atoms with van der Waals surface area (Å²) in [5.74, 6) is 2.99. The smallest absolute Gasteiger partial charge is 0.127 e. The molecule has 40 heavy (non-hydrogen) atoms. The van der Waals surface area contributed by atoms with E-state index in [1.165, 1.54) is 27.9 Å². The fourth-order valence-electron chi connectivity index (χ4n) is 6.11. The number of allylic oxidation sites excluding steroid dienone is 9. The molecule has 0 bridgehead atoms. The summed E-state index contributed by atoms with van der Waals surface area (Å²) in [6, 6.07) is 28.2. The van der Waals surface area contributed by atoms with E-state index in [1.807, 2.05) is 60.7 Å². The molecular formula is C36H32Cl2O2. The second kappa shape index (κ2) is 12.4. The van der Waals surface area contributed by atoms with Gasteiger partial charge in [-0.1, -0.05) is 90.6 Å². The molecule has 0 saturated carbocycles. The standard InChI is InChI=1S/C36H32Cl2O2/c37-32-18-10-17-31-34(25-20-22-28(23-21-25)40-27-13-5-2-6-14-27)36-30(16-9-19-33(36)38)29(35(31)32)15-7-8-24-39-26-11-3-1-4-12-26/h1-14,16,18,20-23,31-33,35H,15,17,19,24H2/b8-7-. The van der Waals surface area contributed by atoms with Crippen LogP contribution in [0.3, 0.4) is 0 Å². The molecule has 0 amide bonds. The lowest BCUT2D eigenvalue weighted by Gasteiger charge is -2.43. The van der Waals surface area contributed by atoms with Crippen molar-refractivity contribution in [3.8, 4) is 17.2 Å². The number of para-hydroxylation sites is 2. The fraction of sp³-hybridized carbons (Fsp3) is 0.222. The highest BCUT2D eigenvalue weighted by Crippen LogP contribution is 2.53. The Morgan fingerprint density at radius 2 is 1.43 bits per heavy atom. The molecule has 4 unspecified atom stereocenters. The normalized spacial score (nSPS) is 23.8. The molecule has 3 aliphatic rings. The van der Waals surface area contributed by atoms with Crippen LogP contribution in [0, 0.1) is 11.8 Å². The van der Waals surface area contributed by atoms with Crippen molar-refractivity contribution in [1.29, 1.82) is 0 Å². The third-order valence-electron chi connectivity index (χ3n) is 7.86. The van der Waals surface area contributed by atoms with E-state index in [-0.39, 0.29) is 22.6 Å². The lowest BCUT2D eigenvalue weighted by Crippen LogP contribution is -2.35. The molecule has 0 fully saturated rings. The predicted molar refractivity (Wildman–Crippen MR) is 166 cm³/mol. The van der Waals surface area contributed by atoms with Gasteiger partial charge in [0.05, 0.1) is 10.8 Å². The molecular weight excluding hydrogens is 535 g/mol. The van der Waals surface area contributed by atoms with E-state index in [4.69, 9.17) is 32.7 Å². The molecule has 202 valence electrons. The zero-order chi connectivity index (χ0) is 27.3. The van der Waals surface area contributed by atoms with Gasteiger partial charge in [-0.05, 0) is 83.9 Å². The Bertz CT molecular complexity index is 1470. The summed E-state index contributed by atoms with van der Waals surface area (Å²) in [4.78, 5) is 0. The van der Waals surface area contributed by atoms with Gasteiger partial charge in [0.25, 0.3) is 0 Å². The van der Waals surface area contributed by atoms with Crippen molar-refractivity contribution in [2.75, 3.05) is 6.61 Å². The van der Waals surface area contributed by atoms with Gasteiger partial charge >= 0.3 is 0 Å². The fourth-order valence-corrected chi connectivity index (χ4v) is 6.88. The number of halogens is 2. The molecule has 0 aromatic heterocycles. The maximum Gasteiger partial charge on any atom is 0.127 e. The van der Waals surface area contributed by atoms with Crippen LogP contribution >= 0.6 is 23.2 Å². The lowest BCUT2D eigenvalue weighted by molar-refractivity contribution is 0.362. The van der Waals surface area contributed by atoms with Crippen molar-refractivity contribution < 1.29 is 9.47 Å². The van der Waals surface area contributed by atoms with Crippen LogP contribution in [-0.4, -0.2) is 17.4 Å². The SMILES string of the molecule is ClC1CC=CC2=C(C/C=C\COc3ccccc3)C3C(Cl)C=CCC3C(c3ccc(Oc4ccccc4)cc3)=C21. The highest BCUT2D eigenvalue weighted by atomic mass is 35.5. The second-order valence-electron chi connectivity index (χ2n) is 10.4. The topological polar surface area (TPSA) is 18.5 Å². The highest BCUT2D eigenvalue weighted by molar-refractivity contribution is 6.24. The Balaban J connectivity index is 1.32. The minimum atomic E-state index is -0.0729. The average molecular weight is 568 g/mol. The van der Waals surface area contributed by atoms with E-state index in [1.54, 1.807) is 0 Å². The van der Waals surface area contributed by atoms with Crippen LogP contribution in [0.2, 0.25) is 0 Å². The predicted octanol–water partition coefficient (Wildman–Crippen LogP) is 9.93. The first kappa shape index (κ1) is 26.7. The largest absolute Gasteiger partial charge is 0.490 e. The summed E-state index contributed by atoms with van der Waals surface area (Å²) in [6.45, 7) is 0.532. The Morgan fingerprint density at radius 3 is 2.17 bits per heavy atom. The lowest BCUT2D eigenvalue weighted by atomic mass is 9.63. The summed E-state index contributed by atoms with van der Waals surface area (Å²) >= 11 is 14.2. The van der Waals surface area contributed by atoms with Crippen LogP contribution in [0.5, 0.6) is 17.2 Å². The second-order valence-corrected chi connectivity index (χ2v) is 11.4. The van der Waals surface area contributed by atoms with Crippen molar-refractivity contribution in [2.45, 2.75) is 30.0 Å². The summed E-state index contributed by atoms with van der Waals surface area (Å²) in [6.07, 6.45) is 15.8. The Kier molecular flexibility index (Phi) is 8.27. The Morgan fingerprint density at radius 1 is 0.725 bits per heavy atom. The van der Waals surface area contributed by atoms with Crippen LogP contribution in [0.15, 0.2) is 138 Å². The van der Waals surface area contributed by atoms with Crippen molar-refractivity contribution in [3.63, 3.8) is 0 Å². The van der Waals surface area contributed by atoms with Gasteiger partial charge in [-0.3, -0.25) is 0 Å². The maximum atomic E-state index is 7.10. The number of benzene rings is 3. The zero-order valence-electron chi connectivity index (χ0n) is 22.3. The van der Waals surface area contributed by atoms with Crippen molar-refractivity contribution in [3.05, 3.63) is 144 Å². The number of ether oxygens (including phenoxy) is 2. The van der Waals surface area contributed by atoms with Crippen molar-refractivity contribution in [1.82, 2.24) is 0 Å². The molecule has 4 atom stereocenters. The molecule has 4 heteroatoms. The molecule has 0 spiro atoms. The Hall–Kier alpha value is -3.46. The monoisotopic (exact) mass is 566 g/mol. The van der Waals surface area contributed by atoms with Gasteiger partial charge in [0.2, 0.25) is 0 Å². The summed E-state index contributed by atoms with van der Waals surface area (Å²) < 4.78 is 11.9. The van der Waals surface area contributed by atoms with E-state index < -0.39 is 0 Å². The van der Waals surface area contributed by atoms with Gasteiger partial charge in [-0.15, -0.1) is 23.2 Å². The molecule has 3 aromatic rings. The Labute approximate surface area is 246 Å². The number of alkyl halides is 2. The van der Waals surface area contributed by atoms with Crippen LogP contribution in [0.1, 0.15) is 24.8 Å². The van der Waals surface area contributed by atoms with Gasteiger partial charge in [0.15, 0.2) is 0 Å². The number of rotatable bonds is 8. The summed E-state index contributed by atoms with van der Waals surface area (Å²) in [5, 5.41) is -0.146. The van der Waals surface area contributed by atoms with Gasteiger partial charge in [0, 0.05) is 5.92 Å². The van der Waals surface area contributed by atoms with Crippen molar-refractivity contribution in [2.24, 2.45) is 11.8 Å². The molecule has 0 radical (unpaired) electrons. The first-order chi connectivity index (χ1) is 19.7. The minimum absolute atomic E-state index is 0.0726. The molecule has 0 heterocycles. The van der Waals surface area contributed by atoms with Crippen molar-refractivity contribution >= 4 is 28.8 Å². The molecule has 0 saturated heterocycles. The highest BCUT2D eigenvalue weighted by Gasteiger charge is 2.42. The molecule has 6 rings (SSSR count). The van der Waals surface area contributed by atoms with Gasteiger partial charge in [0.1, 0.15) is 23.9 Å². The zero-order valence-corrected chi connectivity index (χ0v) is 23.8. The third kappa shape index (κ3) is 5.70. The summed E-state index contributed by atoms with van der Waals surface area (Å²) in [7, 11) is 0. The average Bonchev–Trinajstić information content (AvgIpc) is 2.99. The van der Waals surface area contributed by atoms with Gasteiger partial charge in [-0.2, -0.15) is 0 Å². The quantitative estimate of drug-likeness (QED) is 0.199. The summed E-state index contributed by atoms with van der Waals surface area (Å²) in [5.41, 5.74) is 6.39. The van der Waals surface area contributed by atoms with Crippen LogP contribution in [0.25, 0.3) is 5.57 Å². The number of hydrogen-bond donors (Lipinski definition) is 0. The minimum Gasteiger partial charge on any atom is -0.490 e. The van der Waals surface area contributed by atoms with E-state index in [0.29, 0.717) is 6.61 Å². The maximum absolute atomic E-state index is 7.10. The first-order valence-corrected chi connectivity index (χ1v) is 14.8. The molecule has 2 nitrogen and oxygen atoms in total. The van der Waals surface area contributed by atoms with E-state index in [0.717, 1.165) is 36.5 Å². The third-order valence-corrected chi connectivity index (χ3v) is 8.68. The van der Waals surface area contributed by atoms with Gasteiger partial charge < -0.3 is 9.47 Å². The first-order valence-electron chi connectivity index (χ1n) is 13.9. The van der Waals surface area contributed by atoms with Crippen LogP contribution in [0.4, 0.5) is 0 Å². The van der Waals surface area contributed by atoms with Crippen LogP contribution in [-0.2, 0) is 0 Å². The van der Waals surface area contributed by atoms with Gasteiger partial charge in [-0.25, -0.2) is 0 Å². The molecule has 3 aliphatic carbocycles. The molecule has 0 N–H and O–H groups in total. The van der Waals surface area contributed by atoms with E-state index in [9.17, 15) is 0 Å². The number of fused-ring (bicyclic) bond motifs is 2. The molecule has 3 aromatic carbocycles.